The molecular formula is C19H24N6O. The lowest BCUT2D eigenvalue weighted by Crippen LogP contribution is -2.37. The number of guanidine groups is 1. The molecule has 2 heterocycles. The summed E-state index contributed by atoms with van der Waals surface area (Å²) in [5.41, 5.74) is 2.03. The number of hydrogen-bond donors (Lipinski definition) is 3. The molecule has 2 aromatic heterocycles. The van der Waals surface area contributed by atoms with Gasteiger partial charge in [0.25, 0.3) is 0 Å². The van der Waals surface area contributed by atoms with Crippen LogP contribution in [0, 0.1) is 0 Å². The predicted molar refractivity (Wildman–Crippen MR) is 102 cm³/mol. The molecule has 0 saturated heterocycles. The highest BCUT2D eigenvalue weighted by atomic mass is 16.3. The topological polar surface area (TPSA) is 86.8 Å². The Bertz CT molecular complexity index is 856. The van der Waals surface area contributed by atoms with Crippen molar-refractivity contribution in [1.29, 1.82) is 0 Å². The molecule has 7 nitrogen and oxygen atoms in total. The van der Waals surface area contributed by atoms with Crippen molar-refractivity contribution in [2.75, 3.05) is 13.1 Å². The van der Waals surface area contributed by atoms with E-state index in [-0.39, 0.29) is 0 Å². The van der Waals surface area contributed by atoms with Crippen molar-refractivity contribution in [2.45, 2.75) is 26.3 Å². The molecule has 136 valence electrons. The van der Waals surface area contributed by atoms with Crippen LogP contribution in [-0.4, -0.2) is 38.8 Å². The van der Waals surface area contributed by atoms with Gasteiger partial charge in [0.2, 0.25) is 0 Å². The molecule has 0 aliphatic rings. The van der Waals surface area contributed by atoms with Gasteiger partial charge in [-0.05, 0) is 49.6 Å². The molecule has 1 aromatic carbocycles. The highest BCUT2D eigenvalue weighted by Gasteiger charge is 2.04. The number of pyridine rings is 1. The Morgan fingerprint density at radius 1 is 1.12 bits per heavy atom. The third-order valence-electron chi connectivity index (χ3n) is 3.98. The number of aryl methyl sites for hydroxylation is 1. The van der Waals surface area contributed by atoms with Crippen LogP contribution in [-0.2, 0) is 13.0 Å². The van der Waals surface area contributed by atoms with Gasteiger partial charge < -0.3 is 15.7 Å². The average Bonchev–Trinajstić information content (AvgIpc) is 3.08. The molecule has 3 aromatic rings. The van der Waals surface area contributed by atoms with E-state index < -0.39 is 0 Å². The normalized spacial score (nSPS) is 11.7. The molecule has 3 rings (SSSR count). The Kier molecular flexibility index (Phi) is 6.03. The second kappa shape index (κ2) is 8.84. The van der Waals surface area contributed by atoms with Gasteiger partial charge >= 0.3 is 0 Å². The van der Waals surface area contributed by atoms with Crippen LogP contribution in [0.1, 0.15) is 24.7 Å². The van der Waals surface area contributed by atoms with Crippen LogP contribution in [0.25, 0.3) is 5.65 Å². The lowest BCUT2D eigenvalue weighted by Gasteiger charge is -2.11. The second-order valence-electron chi connectivity index (χ2n) is 5.94. The van der Waals surface area contributed by atoms with Gasteiger partial charge in [-0.3, -0.25) is 4.40 Å². The number of rotatable bonds is 7. The monoisotopic (exact) mass is 352 g/mol. The lowest BCUT2D eigenvalue weighted by molar-refractivity contribution is 0.475. The van der Waals surface area contributed by atoms with Gasteiger partial charge in [-0.2, -0.15) is 0 Å². The fourth-order valence-electron chi connectivity index (χ4n) is 2.65. The van der Waals surface area contributed by atoms with E-state index >= 15 is 0 Å². The van der Waals surface area contributed by atoms with E-state index in [1.165, 1.54) is 5.56 Å². The highest BCUT2D eigenvalue weighted by Crippen LogP contribution is 2.10. The zero-order valence-electron chi connectivity index (χ0n) is 14.9. The van der Waals surface area contributed by atoms with E-state index in [1.807, 2.05) is 47.9 Å². The predicted octanol–water partition coefficient (Wildman–Crippen LogP) is 2.12. The standard InChI is InChI=1S/C19H24N6O/c1-2-20-19(21-12-5-6-15-8-10-16(26)11-9-15)22-14-18-24-23-17-7-3-4-13-25(17)18/h3-4,7-11,13,26H,2,5-6,12,14H2,1H3,(H2,20,21,22). The van der Waals surface area contributed by atoms with Crippen molar-refractivity contribution in [3.8, 4) is 5.75 Å². The Balaban J connectivity index is 1.53. The minimum absolute atomic E-state index is 0.300. The Hall–Kier alpha value is -3.09. The number of hydrogen-bond acceptors (Lipinski definition) is 4. The SMILES string of the molecule is CCNC(=NCc1nnc2ccccn12)NCCCc1ccc(O)cc1. The third kappa shape index (κ3) is 4.72. The first kappa shape index (κ1) is 17.7. The van der Waals surface area contributed by atoms with Gasteiger partial charge in [0.1, 0.15) is 12.3 Å². The van der Waals surface area contributed by atoms with Crippen LogP contribution < -0.4 is 10.6 Å². The number of phenolic OH excluding ortho intramolecular Hbond substituents is 1. The first-order valence-corrected chi connectivity index (χ1v) is 8.85. The molecule has 0 bridgehead atoms. The first-order chi connectivity index (χ1) is 12.8. The van der Waals surface area contributed by atoms with Crippen LogP contribution in [0.15, 0.2) is 53.7 Å². The Morgan fingerprint density at radius 3 is 2.77 bits per heavy atom. The number of nitrogens with zero attached hydrogens (tertiary/aromatic N) is 4. The summed E-state index contributed by atoms with van der Waals surface area (Å²) in [6.07, 6.45) is 3.86. The van der Waals surface area contributed by atoms with Gasteiger partial charge in [-0.15, -0.1) is 10.2 Å². The van der Waals surface area contributed by atoms with Crippen molar-refractivity contribution in [1.82, 2.24) is 25.2 Å². The minimum Gasteiger partial charge on any atom is -0.508 e. The highest BCUT2D eigenvalue weighted by molar-refractivity contribution is 5.79. The number of aromatic nitrogens is 3. The van der Waals surface area contributed by atoms with E-state index in [9.17, 15) is 5.11 Å². The first-order valence-electron chi connectivity index (χ1n) is 8.85. The smallest absolute Gasteiger partial charge is 0.191 e. The van der Waals surface area contributed by atoms with Crippen molar-refractivity contribution in [3.63, 3.8) is 0 Å². The Morgan fingerprint density at radius 2 is 1.96 bits per heavy atom. The maximum atomic E-state index is 9.32. The summed E-state index contributed by atoms with van der Waals surface area (Å²) < 4.78 is 1.94. The largest absolute Gasteiger partial charge is 0.508 e. The molecule has 0 spiro atoms. The van der Waals surface area contributed by atoms with Crippen molar-refractivity contribution in [2.24, 2.45) is 4.99 Å². The van der Waals surface area contributed by atoms with Crippen LogP contribution in [0.2, 0.25) is 0 Å². The zero-order chi connectivity index (χ0) is 18.2. The van der Waals surface area contributed by atoms with Crippen LogP contribution >= 0.6 is 0 Å². The van der Waals surface area contributed by atoms with E-state index in [0.29, 0.717) is 12.3 Å². The molecule has 0 amide bonds. The van der Waals surface area contributed by atoms with Gasteiger partial charge in [0, 0.05) is 19.3 Å². The summed E-state index contributed by atoms with van der Waals surface area (Å²) in [6, 6.07) is 13.2. The number of aromatic hydroxyl groups is 1. The summed E-state index contributed by atoms with van der Waals surface area (Å²) in [5, 5.41) is 24.3. The van der Waals surface area contributed by atoms with E-state index in [1.54, 1.807) is 12.1 Å². The number of nitrogens with one attached hydrogen (secondary N) is 2. The average molecular weight is 352 g/mol. The second-order valence-corrected chi connectivity index (χ2v) is 5.94. The summed E-state index contributed by atoms with van der Waals surface area (Å²) >= 11 is 0. The lowest BCUT2D eigenvalue weighted by atomic mass is 10.1. The molecule has 0 aliphatic heterocycles. The van der Waals surface area contributed by atoms with E-state index in [0.717, 1.165) is 43.4 Å². The molecule has 7 heteroatoms. The van der Waals surface area contributed by atoms with Gasteiger partial charge in [-0.1, -0.05) is 18.2 Å². The molecule has 0 aliphatic carbocycles. The Labute approximate surface area is 152 Å². The van der Waals surface area contributed by atoms with Crippen LogP contribution in [0.5, 0.6) is 5.75 Å². The van der Waals surface area contributed by atoms with Crippen LogP contribution in [0.4, 0.5) is 0 Å². The minimum atomic E-state index is 0.300. The fourth-order valence-corrected chi connectivity index (χ4v) is 2.65. The molecule has 0 radical (unpaired) electrons. The van der Waals surface area contributed by atoms with Gasteiger partial charge in [0.15, 0.2) is 17.4 Å². The zero-order valence-corrected chi connectivity index (χ0v) is 14.9. The molecule has 0 fully saturated rings. The fraction of sp³-hybridized carbons (Fsp3) is 0.316. The van der Waals surface area contributed by atoms with E-state index in [4.69, 9.17) is 0 Å². The summed E-state index contributed by atoms with van der Waals surface area (Å²) in [7, 11) is 0. The third-order valence-corrected chi connectivity index (χ3v) is 3.98. The quantitative estimate of drug-likeness (QED) is 0.344. The van der Waals surface area contributed by atoms with Crippen molar-refractivity contribution >= 4 is 11.6 Å². The number of aliphatic imine (C=N–C) groups is 1. The van der Waals surface area contributed by atoms with Crippen molar-refractivity contribution < 1.29 is 5.11 Å². The maximum absolute atomic E-state index is 9.32. The maximum Gasteiger partial charge on any atom is 0.191 e. The van der Waals surface area contributed by atoms with Crippen LogP contribution in [0.3, 0.4) is 0 Å². The summed E-state index contributed by atoms with van der Waals surface area (Å²) in [5.74, 6) is 1.88. The number of benzene rings is 1. The number of fused-ring (bicyclic) bond motifs is 1. The number of phenols is 1. The van der Waals surface area contributed by atoms with Gasteiger partial charge in [0.05, 0.1) is 0 Å². The molecule has 0 atom stereocenters. The molecule has 3 N–H and O–H groups in total. The molecular weight excluding hydrogens is 328 g/mol. The summed E-state index contributed by atoms with van der Waals surface area (Å²) in [6.45, 7) is 4.11. The van der Waals surface area contributed by atoms with E-state index in [2.05, 4.69) is 25.8 Å². The molecule has 0 saturated carbocycles. The molecule has 0 unspecified atom stereocenters. The van der Waals surface area contributed by atoms with Gasteiger partial charge in [-0.25, -0.2) is 4.99 Å². The summed E-state index contributed by atoms with van der Waals surface area (Å²) in [4.78, 5) is 4.60. The van der Waals surface area contributed by atoms with Crippen molar-refractivity contribution in [3.05, 3.63) is 60.0 Å². The molecule has 26 heavy (non-hydrogen) atoms.